The second-order valence-corrected chi connectivity index (χ2v) is 7.84. The Morgan fingerprint density at radius 2 is 1.94 bits per heavy atom. The van der Waals surface area contributed by atoms with E-state index >= 15 is 0 Å². The van der Waals surface area contributed by atoms with Gasteiger partial charge in [-0.25, -0.2) is 4.98 Å². The second kappa shape index (κ2) is 8.63. The quantitative estimate of drug-likeness (QED) is 0.209. The molecule has 0 radical (unpaired) electrons. The number of aryl methyl sites for hydroxylation is 1. The fourth-order valence-corrected chi connectivity index (χ4v) is 3.47. The van der Waals surface area contributed by atoms with Crippen molar-refractivity contribution < 1.29 is 14.4 Å². The van der Waals surface area contributed by atoms with E-state index in [-0.39, 0.29) is 11.3 Å². The standard InChI is InChI=1S/C25H23N3O4/c1-4-16(3)18-7-10-23-21(13-18)27-25(32-23)17-5-8-20(9-6-17)26-14-19-11-15(2)12-22(24(19)29)28(30)31/h5-14,16,29H,4H2,1-3H3/t16-/m0/s1. The molecule has 1 aromatic heterocycles. The van der Waals surface area contributed by atoms with Crippen LogP contribution in [-0.4, -0.2) is 21.2 Å². The number of phenolic OH excluding ortho intramolecular Hbond substituents is 1. The lowest BCUT2D eigenvalue weighted by molar-refractivity contribution is -0.385. The molecule has 3 aromatic carbocycles. The summed E-state index contributed by atoms with van der Waals surface area (Å²) in [5, 5.41) is 21.2. The van der Waals surface area contributed by atoms with E-state index in [0.29, 0.717) is 23.1 Å². The van der Waals surface area contributed by atoms with Crippen molar-refractivity contribution in [1.82, 2.24) is 4.98 Å². The van der Waals surface area contributed by atoms with Crippen molar-refractivity contribution >= 4 is 28.7 Å². The molecule has 0 saturated heterocycles. The Balaban J connectivity index is 1.58. The summed E-state index contributed by atoms with van der Waals surface area (Å²) in [7, 11) is 0. The molecule has 0 fully saturated rings. The molecule has 0 aliphatic carbocycles. The van der Waals surface area contributed by atoms with E-state index in [9.17, 15) is 15.2 Å². The number of aliphatic imine (C=N–C) groups is 1. The van der Waals surface area contributed by atoms with Crippen molar-refractivity contribution in [3.8, 4) is 17.2 Å². The summed E-state index contributed by atoms with van der Waals surface area (Å²) in [6.45, 7) is 6.08. The van der Waals surface area contributed by atoms with E-state index < -0.39 is 10.7 Å². The van der Waals surface area contributed by atoms with Crippen LogP contribution in [0.2, 0.25) is 0 Å². The lowest BCUT2D eigenvalue weighted by atomic mass is 9.98. The molecule has 162 valence electrons. The van der Waals surface area contributed by atoms with Gasteiger partial charge in [-0.15, -0.1) is 0 Å². The molecule has 1 atom stereocenters. The molecule has 32 heavy (non-hydrogen) atoms. The van der Waals surface area contributed by atoms with Crippen LogP contribution in [-0.2, 0) is 0 Å². The van der Waals surface area contributed by atoms with Gasteiger partial charge in [0, 0.05) is 23.4 Å². The number of aromatic nitrogens is 1. The minimum atomic E-state index is -0.610. The summed E-state index contributed by atoms with van der Waals surface area (Å²) in [4.78, 5) is 19.4. The van der Waals surface area contributed by atoms with Gasteiger partial charge in [0.05, 0.1) is 10.6 Å². The SMILES string of the molecule is CC[C@H](C)c1ccc2oc(-c3ccc(N=Cc4cc(C)cc([N+](=O)[O-])c4O)cc3)nc2c1. The topological polar surface area (TPSA) is 102 Å². The van der Waals surface area contributed by atoms with Gasteiger partial charge in [0.15, 0.2) is 5.58 Å². The number of hydrogen-bond donors (Lipinski definition) is 1. The maximum atomic E-state index is 11.1. The summed E-state index contributed by atoms with van der Waals surface area (Å²) in [6.07, 6.45) is 2.48. The third kappa shape index (κ3) is 4.23. The number of hydrogen-bond acceptors (Lipinski definition) is 6. The Labute approximate surface area is 185 Å². The molecular weight excluding hydrogens is 406 g/mol. The highest BCUT2D eigenvalue weighted by Gasteiger charge is 2.17. The first-order chi connectivity index (χ1) is 15.4. The number of aromatic hydroxyl groups is 1. The fourth-order valence-electron chi connectivity index (χ4n) is 3.47. The van der Waals surface area contributed by atoms with Gasteiger partial charge in [-0.05, 0) is 72.9 Å². The van der Waals surface area contributed by atoms with Crippen LogP contribution in [0.4, 0.5) is 11.4 Å². The monoisotopic (exact) mass is 429 g/mol. The van der Waals surface area contributed by atoms with Crippen molar-refractivity contribution in [2.75, 3.05) is 0 Å². The normalized spacial score (nSPS) is 12.5. The number of benzene rings is 3. The molecule has 4 aromatic rings. The van der Waals surface area contributed by atoms with Crippen LogP contribution in [0.25, 0.3) is 22.6 Å². The van der Waals surface area contributed by atoms with Gasteiger partial charge in [-0.1, -0.05) is 19.9 Å². The summed E-state index contributed by atoms with van der Waals surface area (Å²) < 4.78 is 5.91. The number of fused-ring (bicyclic) bond motifs is 1. The lowest BCUT2D eigenvalue weighted by Crippen LogP contribution is -1.93. The minimum Gasteiger partial charge on any atom is -0.502 e. The molecule has 7 heteroatoms. The molecule has 4 rings (SSSR count). The molecular formula is C25H23N3O4. The van der Waals surface area contributed by atoms with E-state index in [0.717, 1.165) is 23.1 Å². The molecule has 0 aliphatic heterocycles. The number of oxazole rings is 1. The third-order valence-corrected chi connectivity index (χ3v) is 5.52. The lowest BCUT2D eigenvalue weighted by Gasteiger charge is -2.07. The number of nitro groups is 1. The Morgan fingerprint density at radius 3 is 2.62 bits per heavy atom. The van der Waals surface area contributed by atoms with Gasteiger partial charge >= 0.3 is 5.69 Å². The van der Waals surface area contributed by atoms with Crippen molar-refractivity contribution in [2.24, 2.45) is 4.99 Å². The van der Waals surface area contributed by atoms with Crippen LogP contribution in [0.3, 0.4) is 0 Å². The number of nitrogens with zero attached hydrogens (tertiary/aromatic N) is 3. The predicted octanol–water partition coefficient (Wildman–Crippen LogP) is 6.68. The van der Waals surface area contributed by atoms with Crippen LogP contribution in [0, 0.1) is 17.0 Å². The molecule has 0 amide bonds. The van der Waals surface area contributed by atoms with E-state index in [2.05, 4.69) is 36.0 Å². The Morgan fingerprint density at radius 1 is 1.19 bits per heavy atom. The highest BCUT2D eigenvalue weighted by atomic mass is 16.6. The Hall–Kier alpha value is -4.00. The average Bonchev–Trinajstić information content (AvgIpc) is 3.22. The zero-order chi connectivity index (χ0) is 22.8. The third-order valence-electron chi connectivity index (χ3n) is 5.52. The molecule has 0 spiro atoms. The number of nitro benzene ring substituents is 1. The minimum absolute atomic E-state index is 0.289. The number of phenols is 1. The molecule has 7 nitrogen and oxygen atoms in total. The van der Waals surface area contributed by atoms with Crippen LogP contribution in [0.15, 0.2) is 64.0 Å². The van der Waals surface area contributed by atoms with Gasteiger partial charge in [-0.2, -0.15) is 0 Å². The van der Waals surface area contributed by atoms with Crippen molar-refractivity contribution in [3.63, 3.8) is 0 Å². The van der Waals surface area contributed by atoms with Crippen LogP contribution < -0.4 is 0 Å². The average molecular weight is 429 g/mol. The highest BCUT2D eigenvalue weighted by molar-refractivity contribution is 5.88. The van der Waals surface area contributed by atoms with Crippen LogP contribution >= 0.6 is 0 Å². The van der Waals surface area contributed by atoms with Gasteiger partial charge in [0.2, 0.25) is 11.6 Å². The van der Waals surface area contributed by atoms with E-state index in [4.69, 9.17) is 4.42 Å². The molecule has 1 heterocycles. The molecule has 0 bridgehead atoms. The van der Waals surface area contributed by atoms with E-state index in [1.54, 1.807) is 25.1 Å². The zero-order valence-electron chi connectivity index (χ0n) is 18.1. The van der Waals surface area contributed by atoms with Crippen LogP contribution in [0.5, 0.6) is 5.75 Å². The second-order valence-electron chi connectivity index (χ2n) is 7.84. The van der Waals surface area contributed by atoms with E-state index in [1.807, 2.05) is 18.2 Å². The van der Waals surface area contributed by atoms with Gasteiger partial charge < -0.3 is 9.52 Å². The summed E-state index contributed by atoms with van der Waals surface area (Å²) >= 11 is 0. The maximum absolute atomic E-state index is 11.1. The summed E-state index contributed by atoms with van der Waals surface area (Å²) in [6, 6.07) is 16.4. The van der Waals surface area contributed by atoms with Crippen LogP contribution in [0.1, 0.15) is 42.9 Å². The molecule has 0 unspecified atom stereocenters. The smallest absolute Gasteiger partial charge is 0.311 e. The molecule has 0 saturated carbocycles. The fraction of sp³-hybridized carbons (Fsp3) is 0.200. The van der Waals surface area contributed by atoms with Gasteiger partial charge in [0.1, 0.15) is 5.52 Å². The maximum Gasteiger partial charge on any atom is 0.311 e. The van der Waals surface area contributed by atoms with Crippen molar-refractivity contribution in [2.45, 2.75) is 33.1 Å². The summed E-state index contributed by atoms with van der Waals surface area (Å²) in [5.41, 5.74) is 4.88. The van der Waals surface area contributed by atoms with E-state index in [1.165, 1.54) is 17.8 Å². The first-order valence-corrected chi connectivity index (χ1v) is 10.4. The van der Waals surface area contributed by atoms with Crippen molar-refractivity contribution in [3.05, 3.63) is 81.4 Å². The van der Waals surface area contributed by atoms with Crippen molar-refractivity contribution in [1.29, 1.82) is 0 Å². The Bertz CT molecular complexity index is 1320. The molecule has 0 aliphatic rings. The first kappa shape index (κ1) is 21.2. The highest BCUT2D eigenvalue weighted by Crippen LogP contribution is 2.31. The summed E-state index contributed by atoms with van der Waals surface area (Å²) in [5.74, 6) is 0.596. The zero-order valence-corrected chi connectivity index (χ0v) is 18.1. The van der Waals surface area contributed by atoms with Gasteiger partial charge in [-0.3, -0.25) is 15.1 Å². The first-order valence-electron chi connectivity index (χ1n) is 10.4. The predicted molar refractivity (Wildman–Crippen MR) is 125 cm³/mol. The largest absolute Gasteiger partial charge is 0.502 e. The number of rotatable bonds is 6. The Kier molecular flexibility index (Phi) is 5.73. The molecule has 1 N–H and O–H groups in total. The van der Waals surface area contributed by atoms with Gasteiger partial charge in [0.25, 0.3) is 0 Å².